The number of anilines is 1. The summed E-state index contributed by atoms with van der Waals surface area (Å²) in [4.78, 5) is 28.1. The molecule has 1 amide bonds. The summed E-state index contributed by atoms with van der Waals surface area (Å²) in [6.07, 6.45) is 1.82. The quantitative estimate of drug-likeness (QED) is 0.364. The first kappa shape index (κ1) is 23.3. The Labute approximate surface area is 201 Å². The number of allylic oxidation sites excluding steroid dienone is 1. The monoisotopic (exact) mass is 454 g/mol. The van der Waals surface area contributed by atoms with Gasteiger partial charge in [-0.3, -0.25) is 9.69 Å². The number of ether oxygens (including phenoxy) is 1. The zero-order valence-corrected chi connectivity index (χ0v) is 20.8. The molecule has 34 heavy (non-hydrogen) atoms. The van der Waals surface area contributed by atoms with Crippen LogP contribution in [0, 0.1) is 34.6 Å². The average molecular weight is 455 g/mol. The van der Waals surface area contributed by atoms with Crippen LogP contribution in [0.25, 0.3) is 11.8 Å². The first-order valence-electron chi connectivity index (χ1n) is 11.3. The second-order valence-electron chi connectivity index (χ2n) is 8.87. The van der Waals surface area contributed by atoms with Crippen molar-refractivity contribution in [2.45, 2.75) is 41.5 Å². The first-order valence-corrected chi connectivity index (χ1v) is 11.3. The Hall–Kier alpha value is -3.86. The second kappa shape index (κ2) is 8.82. The van der Waals surface area contributed by atoms with Crippen LogP contribution in [0.1, 0.15) is 40.6 Å². The second-order valence-corrected chi connectivity index (χ2v) is 8.87. The molecule has 0 fully saturated rings. The number of rotatable bonds is 4. The molecule has 0 atom stereocenters. The topological polar surface area (TPSA) is 51.5 Å². The third-order valence-corrected chi connectivity index (χ3v) is 6.66. The number of benzene rings is 2. The number of hydrogen-bond donors (Lipinski definition) is 0. The summed E-state index contributed by atoms with van der Waals surface area (Å²) in [6.45, 7) is 12.0. The third-order valence-electron chi connectivity index (χ3n) is 6.66. The van der Waals surface area contributed by atoms with Gasteiger partial charge in [-0.1, -0.05) is 24.3 Å². The number of methoxy groups -OCH3 is 1. The van der Waals surface area contributed by atoms with Gasteiger partial charge in [0.1, 0.15) is 0 Å². The Kier molecular flexibility index (Phi) is 6.05. The van der Waals surface area contributed by atoms with E-state index in [4.69, 9.17) is 4.74 Å². The highest BCUT2D eigenvalue weighted by molar-refractivity contribution is 6.23. The minimum atomic E-state index is -0.517. The molecule has 5 heteroatoms. The summed E-state index contributed by atoms with van der Waals surface area (Å²) in [5.74, 6) is -0.752. The molecule has 0 unspecified atom stereocenters. The molecule has 1 aliphatic heterocycles. The van der Waals surface area contributed by atoms with Gasteiger partial charge in [-0.25, -0.2) is 4.79 Å². The third kappa shape index (κ3) is 3.77. The molecule has 2 heterocycles. The van der Waals surface area contributed by atoms with Gasteiger partial charge in [0.2, 0.25) is 0 Å². The van der Waals surface area contributed by atoms with E-state index in [1.54, 1.807) is 11.8 Å². The Morgan fingerprint density at radius 2 is 1.59 bits per heavy atom. The standard InChI is InChI=1S/C29H30N2O3/c1-17-12-13-24(14-19(17)3)31-22(6)27(29(33)34-7)25(28(31)32)16-23-15-20(4)30(21(23)5)26-11-9-8-10-18(26)2/h8-16H,1-7H3/b25-16-. The van der Waals surface area contributed by atoms with Gasteiger partial charge in [0.15, 0.2) is 0 Å². The SMILES string of the molecule is COC(=O)C1=C(C)N(c2ccc(C)c(C)c2)C(=O)/C1=C\c1cc(C)n(-c2ccccc2C)c1C. The van der Waals surface area contributed by atoms with E-state index in [0.29, 0.717) is 16.8 Å². The number of aryl methyl sites for hydroxylation is 4. The minimum absolute atomic E-state index is 0.234. The van der Waals surface area contributed by atoms with Crippen molar-refractivity contribution in [3.63, 3.8) is 0 Å². The van der Waals surface area contributed by atoms with E-state index < -0.39 is 5.97 Å². The van der Waals surface area contributed by atoms with Crippen molar-refractivity contribution in [2.75, 3.05) is 12.0 Å². The Morgan fingerprint density at radius 1 is 0.882 bits per heavy atom. The number of amides is 1. The van der Waals surface area contributed by atoms with E-state index in [2.05, 4.69) is 23.6 Å². The number of hydrogen-bond acceptors (Lipinski definition) is 3. The van der Waals surface area contributed by atoms with Gasteiger partial charge in [0, 0.05) is 28.5 Å². The molecule has 5 nitrogen and oxygen atoms in total. The van der Waals surface area contributed by atoms with Crippen molar-refractivity contribution in [3.8, 4) is 5.69 Å². The number of nitrogens with zero attached hydrogens (tertiary/aromatic N) is 2. The number of esters is 1. The van der Waals surface area contributed by atoms with E-state index in [9.17, 15) is 9.59 Å². The van der Waals surface area contributed by atoms with Crippen molar-refractivity contribution in [3.05, 3.63) is 99.0 Å². The van der Waals surface area contributed by atoms with Crippen molar-refractivity contribution < 1.29 is 14.3 Å². The maximum absolute atomic E-state index is 13.7. The zero-order chi connectivity index (χ0) is 24.7. The molecule has 174 valence electrons. The summed E-state index contributed by atoms with van der Waals surface area (Å²) in [7, 11) is 1.34. The maximum atomic E-state index is 13.7. The van der Waals surface area contributed by atoms with E-state index in [0.717, 1.165) is 45.0 Å². The normalized spacial score (nSPS) is 15.0. The summed E-state index contributed by atoms with van der Waals surface area (Å²) in [5.41, 5.74) is 9.36. The zero-order valence-electron chi connectivity index (χ0n) is 20.8. The lowest BCUT2D eigenvalue weighted by Gasteiger charge is -2.19. The fourth-order valence-corrected chi connectivity index (χ4v) is 4.63. The number of aromatic nitrogens is 1. The molecule has 0 N–H and O–H groups in total. The van der Waals surface area contributed by atoms with Crippen LogP contribution in [0.3, 0.4) is 0 Å². The van der Waals surface area contributed by atoms with Gasteiger partial charge >= 0.3 is 5.97 Å². The molecule has 0 bridgehead atoms. The number of para-hydroxylation sites is 1. The van der Waals surface area contributed by atoms with Crippen LogP contribution in [0.15, 0.2) is 65.4 Å². The van der Waals surface area contributed by atoms with Crippen LogP contribution in [0.2, 0.25) is 0 Å². The van der Waals surface area contributed by atoms with Gasteiger partial charge in [-0.2, -0.15) is 0 Å². The molecule has 3 aromatic rings. The maximum Gasteiger partial charge on any atom is 0.340 e. The molecular formula is C29H30N2O3. The van der Waals surface area contributed by atoms with Crippen LogP contribution in [-0.4, -0.2) is 23.6 Å². The molecule has 0 spiro atoms. The molecule has 0 radical (unpaired) electrons. The highest BCUT2D eigenvalue weighted by atomic mass is 16.5. The molecule has 1 aromatic heterocycles. The van der Waals surface area contributed by atoms with Crippen molar-refractivity contribution in [1.29, 1.82) is 0 Å². The predicted molar refractivity (Wildman–Crippen MR) is 136 cm³/mol. The highest BCUT2D eigenvalue weighted by Gasteiger charge is 2.38. The van der Waals surface area contributed by atoms with Gasteiger partial charge in [-0.15, -0.1) is 0 Å². The fourth-order valence-electron chi connectivity index (χ4n) is 4.63. The lowest BCUT2D eigenvalue weighted by Crippen LogP contribution is -2.24. The lowest BCUT2D eigenvalue weighted by molar-refractivity contribution is -0.136. The van der Waals surface area contributed by atoms with Gasteiger partial charge in [-0.05, 0) is 94.1 Å². The molecular weight excluding hydrogens is 424 g/mol. The van der Waals surface area contributed by atoms with Crippen LogP contribution in [0.5, 0.6) is 0 Å². The molecule has 1 aliphatic rings. The van der Waals surface area contributed by atoms with Crippen LogP contribution >= 0.6 is 0 Å². The Morgan fingerprint density at radius 3 is 2.24 bits per heavy atom. The summed E-state index contributed by atoms with van der Waals surface area (Å²) >= 11 is 0. The largest absolute Gasteiger partial charge is 0.465 e. The van der Waals surface area contributed by atoms with Gasteiger partial charge in [0.05, 0.1) is 18.3 Å². The molecule has 0 aliphatic carbocycles. The molecule has 4 rings (SSSR count). The van der Waals surface area contributed by atoms with Crippen LogP contribution in [-0.2, 0) is 14.3 Å². The average Bonchev–Trinajstić information content (AvgIpc) is 3.22. The van der Waals surface area contributed by atoms with E-state index >= 15 is 0 Å². The van der Waals surface area contributed by atoms with E-state index in [-0.39, 0.29) is 5.91 Å². The number of carbonyl (C=O) groups is 2. The van der Waals surface area contributed by atoms with Crippen LogP contribution < -0.4 is 4.90 Å². The minimum Gasteiger partial charge on any atom is -0.465 e. The highest BCUT2D eigenvalue weighted by Crippen LogP contribution is 2.37. The van der Waals surface area contributed by atoms with Crippen LogP contribution in [0.4, 0.5) is 5.69 Å². The van der Waals surface area contributed by atoms with Gasteiger partial charge < -0.3 is 9.30 Å². The van der Waals surface area contributed by atoms with E-state index in [1.165, 1.54) is 7.11 Å². The molecule has 2 aromatic carbocycles. The Balaban J connectivity index is 1.87. The summed E-state index contributed by atoms with van der Waals surface area (Å²) in [5, 5.41) is 0. The fraction of sp³-hybridized carbons (Fsp3) is 0.241. The smallest absolute Gasteiger partial charge is 0.340 e. The molecule has 0 saturated carbocycles. The number of carbonyl (C=O) groups excluding carboxylic acids is 2. The van der Waals surface area contributed by atoms with Crippen molar-refractivity contribution in [1.82, 2.24) is 4.57 Å². The Bertz CT molecular complexity index is 1390. The summed E-state index contributed by atoms with van der Waals surface area (Å²) in [6, 6.07) is 16.1. The first-order chi connectivity index (χ1) is 16.1. The van der Waals surface area contributed by atoms with Gasteiger partial charge in [0.25, 0.3) is 5.91 Å². The summed E-state index contributed by atoms with van der Waals surface area (Å²) < 4.78 is 7.25. The lowest BCUT2D eigenvalue weighted by atomic mass is 10.0. The van der Waals surface area contributed by atoms with Crippen molar-refractivity contribution in [2.24, 2.45) is 0 Å². The molecule has 0 saturated heterocycles. The van der Waals surface area contributed by atoms with E-state index in [1.807, 2.05) is 70.2 Å². The van der Waals surface area contributed by atoms with Crippen molar-refractivity contribution >= 4 is 23.6 Å². The predicted octanol–water partition coefficient (Wildman–Crippen LogP) is 5.90.